The second kappa shape index (κ2) is 3.61. The lowest BCUT2D eigenvalue weighted by atomic mass is 9.97. The van der Waals surface area contributed by atoms with Gasteiger partial charge in [0.1, 0.15) is 0 Å². The highest BCUT2D eigenvalue weighted by Crippen LogP contribution is 2.29. The van der Waals surface area contributed by atoms with Crippen molar-refractivity contribution in [3.63, 3.8) is 0 Å². The van der Waals surface area contributed by atoms with Gasteiger partial charge in [-0.15, -0.1) is 11.3 Å². The summed E-state index contributed by atoms with van der Waals surface area (Å²) in [6, 6.07) is 3.86. The lowest BCUT2D eigenvalue weighted by Crippen LogP contribution is -2.50. The van der Waals surface area contributed by atoms with Crippen LogP contribution in [0.1, 0.15) is 29.9 Å². The maximum Gasteiger partial charge on any atom is 0.264 e. The van der Waals surface area contributed by atoms with E-state index in [1.54, 1.807) is 0 Å². The minimum absolute atomic E-state index is 0.0846. The third-order valence-corrected chi connectivity index (χ3v) is 4.10. The third-order valence-electron chi connectivity index (χ3n) is 3.24. The van der Waals surface area contributed by atoms with Gasteiger partial charge in [-0.25, -0.2) is 0 Å². The summed E-state index contributed by atoms with van der Waals surface area (Å²) in [5, 5.41) is 1.93. The fraction of sp³-hybridized carbons (Fsp3) is 0.545. The lowest BCUT2D eigenvalue weighted by molar-refractivity contribution is 0.0642. The molecule has 1 unspecified atom stereocenters. The van der Waals surface area contributed by atoms with Crippen molar-refractivity contribution in [3.8, 4) is 0 Å². The second-order valence-corrected chi connectivity index (χ2v) is 5.43. The van der Waals surface area contributed by atoms with E-state index < -0.39 is 0 Å². The highest BCUT2D eigenvalue weighted by Gasteiger charge is 2.42. The van der Waals surface area contributed by atoms with E-state index in [1.807, 2.05) is 36.3 Å². The quantitative estimate of drug-likeness (QED) is 0.789. The molecule has 0 spiro atoms. The molecule has 0 aliphatic carbocycles. The molecule has 3 nitrogen and oxygen atoms in total. The summed E-state index contributed by atoms with van der Waals surface area (Å²) < 4.78 is 0. The highest BCUT2D eigenvalue weighted by molar-refractivity contribution is 7.12. The van der Waals surface area contributed by atoms with Crippen LogP contribution in [0.4, 0.5) is 0 Å². The molecule has 1 aliphatic heterocycles. The van der Waals surface area contributed by atoms with Crippen LogP contribution in [0.3, 0.4) is 0 Å². The molecule has 1 amide bonds. The number of nitrogens with two attached hydrogens (primary N) is 1. The number of carbonyl (C=O) groups excluding carboxylic acids is 1. The fourth-order valence-corrected chi connectivity index (χ4v) is 2.68. The molecule has 2 heterocycles. The molecule has 2 rings (SSSR count). The summed E-state index contributed by atoms with van der Waals surface area (Å²) in [4.78, 5) is 14.8. The molecule has 4 heteroatoms. The summed E-state index contributed by atoms with van der Waals surface area (Å²) in [5.74, 6) is 0.114. The predicted molar refractivity (Wildman–Crippen MR) is 62.0 cm³/mol. The van der Waals surface area contributed by atoms with Gasteiger partial charge in [-0.3, -0.25) is 4.79 Å². The van der Waals surface area contributed by atoms with Gasteiger partial charge in [-0.05, 0) is 31.7 Å². The molecule has 1 aliphatic rings. The van der Waals surface area contributed by atoms with Gasteiger partial charge in [0, 0.05) is 12.6 Å². The van der Waals surface area contributed by atoms with Crippen molar-refractivity contribution in [3.05, 3.63) is 22.4 Å². The zero-order valence-corrected chi connectivity index (χ0v) is 9.88. The van der Waals surface area contributed by atoms with Crippen LogP contribution >= 0.6 is 11.3 Å². The number of hydrogen-bond donors (Lipinski definition) is 1. The molecular weight excluding hydrogens is 208 g/mol. The molecule has 0 aromatic carbocycles. The van der Waals surface area contributed by atoms with E-state index in [0.29, 0.717) is 0 Å². The summed E-state index contributed by atoms with van der Waals surface area (Å²) in [6.45, 7) is 4.84. The van der Waals surface area contributed by atoms with Crippen LogP contribution in [-0.2, 0) is 0 Å². The van der Waals surface area contributed by atoms with Gasteiger partial charge in [0.2, 0.25) is 0 Å². The Kier molecular flexibility index (Phi) is 2.56. The van der Waals surface area contributed by atoms with Crippen LogP contribution in [0.2, 0.25) is 0 Å². The number of carbonyl (C=O) groups is 1. The Bertz CT molecular complexity index is 359. The van der Waals surface area contributed by atoms with Crippen LogP contribution in [-0.4, -0.2) is 28.9 Å². The molecule has 1 fully saturated rings. The van der Waals surface area contributed by atoms with Crippen LogP contribution < -0.4 is 5.73 Å². The first-order valence-corrected chi connectivity index (χ1v) is 6.02. The van der Waals surface area contributed by atoms with Gasteiger partial charge in [0.05, 0.1) is 10.4 Å². The van der Waals surface area contributed by atoms with E-state index in [4.69, 9.17) is 5.73 Å². The minimum atomic E-state index is -0.221. The largest absolute Gasteiger partial charge is 0.331 e. The molecule has 0 saturated carbocycles. The van der Waals surface area contributed by atoms with E-state index in [9.17, 15) is 4.79 Å². The number of likely N-dealkylation sites (tertiary alicyclic amines) is 1. The normalized spacial score (nSPS) is 24.5. The number of thiophene rings is 1. The maximum atomic E-state index is 12.2. The predicted octanol–water partition coefficient (Wildman–Crippen LogP) is 1.70. The first kappa shape index (κ1) is 10.6. The molecule has 15 heavy (non-hydrogen) atoms. The standard InChI is InChI=1S/C11H16N2OS/c1-11(2)9(12)5-6-13(11)10(14)8-4-3-7-15-8/h3-4,7,9H,5-6,12H2,1-2H3. The van der Waals surface area contributed by atoms with Crippen molar-refractivity contribution in [2.24, 2.45) is 5.73 Å². The van der Waals surface area contributed by atoms with Crippen LogP contribution in [0.15, 0.2) is 17.5 Å². The van der Waals surface area contributed by atoms with Crippen molar-refractivity contribution in [1.82, 2.24) is 4.90 Å². The molecule has 1 aromatic heterocycles. The van der Waals surface area contributed by atoms with Gasteiger partial charge in [-0.2, -0.15) is 0 Å². The van der Waals surface area contributed by atoms with E-state index in [-0.39, 0.29) is 17.5 Å². The summed E-state index contributed by atoms with van der Waals surface area (Å²) in [5.41, 5.74) is 5.78. The van der Waals surface area contributed by atoms with E-state index in [0.717, 1.165) is 17.8 Å². The molecule has 82 valence electrons. The smallest absolute Gasteiger partial charge is 0.264 e. The first-order valence-electron chi connectivity index (χ1n) is 5.14. The number of amides is 1. The van der Waals surface area contributed by atoms with Crippen LogP contribution in [0.25, 0.3) is 0 Å². The second-order valence-electron chi connectivity index (χ2n) is 4.48. The van der Waals surface area contributed by atoms with Crippen LogP contribution in [0.5, 0.6) is 0 Å². The van der Waals surface area contributed by atoms with Crippen molar-refractivity contribution >= 4 is 17.2 Å². The number of nitrogens with zero attached hydrogens (tertiary/aromatic N) is 1. The van der Waals surface area contributed by atoms with E-state index in [1.165, 1.54) is 11.3 Å². The van der Waals surface area contributed by atoms with Crippen LogP contribution in [0, 0.1) is 0 Å². The Morgan fingerprint density at radius 3 is 2.87 bits per heavy atom. The number of hydrogen-bond acceptors (Lipinski definition) is 3. The van der Waals surface area contributed by atoms with Gasteiger partial charge in [0.15, 0.2) is 0 Å². The topological polar surface area (TPSA) is 46.3 Å². The average molecular weight is 224 g/mol. The zero-order valence-electron chi connectivity index (χ0n) is 9.06. The molecular formula is C11H16N2OS. The lowest BCUT2D eigenvalue weighted by Gasteiger charge is -2.34. The Morgan fingerprint density at radius 1 is 1.67 bits per heavy atom. The summed E-state index contributed by atoms with van der Waals surface area (Å²) in [6.07, 6.45) is 0.893. The van der Waals surface area contributed by atoms with Gasteiger partial charge in [-0.1, -0.05) is 6.07 Å². The average Bonchev–Trinajstić information content (AvgIpc) is 2.76. The zero-order chi connectivity index (χ0) is 11.1. The van der Waals surface area contributed by atoms with Gasteiger partial charge in [0.25, 0.3) is 5.91 Å². The maximum absolute atomic E-state index is 12.2. The van der Waals surface area contributed by atoms with Gasteiger partial charge >= 0.3 is 0 Å². The molecule has 1 aromatic rings. The van der Waals surface area contributed by atoms with E-state index >= 15 is 0 Å². The van der Waals surface area contributed by atoms with Crippen molar-refractivity contribution in [2.45, 2.75) is 31.8 Å². The SMILES string of the molecule is CC1(C)C(N)CCN1C(=O)c1cccs1. The van der Waals surface area contributed by atoms with Gasteiger partial charge < -0.3 is 10.6 Å². The molecule has 1 atom stereocenters. The third kappa shape index (κ3) is 1.68. The van der Waals surface area contributed by atoms with Crippen molar-refractivity contribution in [1.29, 1.82) is 0 Å². The highest BCUT2D eigenvalue weighted by atomic mass is 32.1. The van der Waals surface area contributed by atoms with Crippen molar-refractivity contribution < 1.29 is 4.79 Å². The molecule has 0 bridgehead atoms. The Labute approximate surface area is 93.9 Å². The Morgan fingerprint density at radius 2 is 2.40 bits per heavy atom. The van der Waals surface area contributed by atoms with Crippen molar-refractivity contribution in [2.75, 3.05) is 6.54 Å². The summed E-state index contributed by atoms with van der Waals surface area (Å²) in [7, 11) is 0. The number of rotatable bonds is 1. The molecule has 2 N–H and O–H groups in total. The fourth-order valence-electron chi connectivity index (χ4n) is 2.01. The Balaban J connectivity index is 2.22. The molecule has 1 saturated heterocycles. The summed E-state index contributed by atoms with van der Waals surface area (Å²) >= 11 is 1.49. The van der Waals surface area contributed by atoms with E-state index in [2.05, 4.69) is 0 Å². The minimum Gasteiger partial charge on any atom is -0.331 e. The molecule has 0 radical (unpaired) electrons. The Hall–Kier alpha value is -0.870. The monoisotopic (exact) mass is 224 g/mol. The first-order chi connectivity index (χ1) is 7.03.